The lowest BCUT2D eigenvalue weighted by atomic mass is 10.1. The third kappa shape index (κ3) is 3.93. The summed E-state index contributed by atoms with van der Waals surface area (Å²) in [6, 6.07) is 6.46. The van der Waals surface area contributed by atoms with Gasteiger partial charge in [-0.15, -0.1) is 0 Å². The summed E-state index contributed by atoms with van der Waals surface area (Å²) in [5, 5.41) is 3.12. The van der Waals surface area contributed by atoms with Gasteiger partial charge >= 0.3 is 6.03 Å². The molecule has 0 saturated carbocycles. The molecule has 0 radical (unpaired) electrons. The van der Waals surface area contributed by atoms with Gasteiger partial charge in [-0.25, -0.2) is 4.79 Å². The van der Waals surface area contributed by atoms with E-state index in [2.05, 4.69) is 36.2 Å². The van der Waals surface area contributed by atoms with Crippen molar-refractivity contribution in [2.45, 2.75) is 39.3 Å². The Morgan fingerprint density at radius 1 is 1.12 bits per heavy atom. The van der Waals surface area contributed by atoms with Crippen molar-refractivity contribution in [1.29, 1.82) is 0 Å². The zero-order valence-electron chi connectivity index (χ0n) is 14.6. The molecule has 1 aromatic rings. The lowest BCUT2D eigenvalue weighted by molar-refractivity contribution is 0.133. The number of urea groups is 1. The molecule has 2 aliphatic heterocycles. The minimum absolute atomic E-state index is 0.0754. The van der Waals surface area contributed by atoms with E-state index in [0.29, 0.717) is 6.79 Å². The summed E-state index contributed by atoms with van der Waals surface area (Å²) in [5.41, 5.74) is 1.22. The number of fused-ring (bicyclic) bond motifs is 1. The number of benzene rings is 1. The van der Waals surface area contributed by atoms with Gasteiger partial charge in [0.2, 0.25) is 6.79 Å². The maximum absolute atomic E-state index is 12.3. The van der Waals surface area contributed by atoms with E-state index in [1.807, 2.05) is 11.0 Å². The van der Waals surface area contributed by atoms with Crippen molar-refractivity contribution in [3.63, 3.8) is 0 Å². The van der Waals surface area contributed by atoms with Crippen LogP contribution in [0, 0.1) is 0 Å². The molecule has 2 heterocycles. The molecule has 0 spiro atoms. The molecular formula is C18H27N3O3. The van der Waals surface area contributed by atoms with Gasteiger partial charge in [0, 0.05) is 38.8 Å². The Balaban J connectivity index is 1.47. The van der Waals surface area contributed by atoms with Crippen molar-refractivity contribution < 1.29 is 14.3 Å². The second-order valence-electron chi connectivity index (χ2n) is 6.41. The number of amides is 2. The van der Waals surface area contributed by atoms with Crippen LogP contribution in [0.15, 0.2) is 18.2 Å². The molecule has 1 fully saturated rings. The van der Waals surface area contributed by atoms with Crippen LogP contribution < -0.4 is 14.8 Å². The fraction of sp³-hybridized carbons (Fsp3) is 0.611. The topological polar surface area (TPSA) is 54.0 Å². The first-order valence-corrected chi connectivity index (χ1v) is 8.86. The summed E-state index contributed by atoms with van der Waals surface area (Å²) in [7, 11) is 0. The molecule has 132 valence electrons. The molecule has 1 saturated heterocycles. The van der Waals surface area contributed by atoms with Crippen LogP contribution in [0.25, 0.3) is 0 Å². The molecular weight excluding hydrogens is 306 g/mol. The standard InChI is InChI=1S/C18H27N3O3/c1-3-15(4-2)19-18(22)21-9-7-20(8-10-21)12-14-5-6-16-17(11-14)24-13-23-16/h5-6,11,15H,3-4,7-10,12-13H2,1-2H3,(H,19,22). The van der Waals surface area contributed by atoms with Gasteiger partial charge in [0.15, 0.2) is 11.5 Å². The number of carbonyl (C=O) groups is 1. The number of hydrogen-bond acceptors (Lipinski definition) is 4. The van der Waals surface area contributed by atoms with Crippen molar-refractivity contribution in [2.75, 3.05) is 33.0 Å². The largest absolute Gasteiger partial charge is 0.454 e. The van der Waals surface area contributed by atoms with Crippen LogP contribution in [-0.2, 0) is 6.54 Å². The fourth-order valence-electron chi connectivity index (χ4n) is 3.17. The fourth-order valence-corrected chi connectivity index (χ4v) is 3.17. The predicted octanol–water partition coefficient (Wildman–Crippen LogP) is 2.43. The van der Waals surface area contributed by atoms with Crippen LogP contribution in [-0.4, -0.2) is 54.8 Å². The van der Waals surface area contributed by atoms with Crippen LogP contribution in [0.2, 0.25) is 0 Å². The Morgan fingerprint density at radius 3 is 2.54 bits per heavy atom. The Hall–Kier alpha value is -1.95. The second kappa shape index (κ2) is 7.75. The molecule has 2 aliphatic rings. The van der Waals surface area contributed by atoms with Gasteiger partial charge in [-0.05, 0) is 30.5 Å². The molecule has 6 nitrogen and oxygen atoms in total. The number of carbonyl (C=O) groups excluding carboxylic acids is 1. The molecule has 24 heavy (non-hydrogen) atoms. The molecule has 3 rings (SSSR count). The maximum atomic E-state index is 12.3. The highest BCUT2D eigenvalue weighted by Crippen LogP contribution is 2.32. The van der Waals surface area contributed by atoms with Crippen LogP contribution in [0.5, 0.6) is 11.5 Å². The van der Waals surface area contributed by atoms with Gasteiger partial charge in [0.05, 0.1) is 0 Å². The number of hydrogen-bond donors (Lipinski definition) is 1. The zero-order chi connectivity index (χ0) is 16.9. The number of nitrogens with one attached hydrogen (secondary N) is 1. The van der Waals surface area contributed by atoms with E-state index in [9.17, 15) is 4.79 Å². The highest BCUT2D eigenvalue weighted by molar-refractivity contribution is 5.74. The summed E-state index contributed by atoms with van der Waals surface area (Å²) in [6.45, 7) is 8.74. The molecule has 0 bridgehead atoms. The third-order valence-corrected chi connectivity index (χ3v) is 4.82. The van der Waals surface area contributed by atoms with Crippen molar-refractivity contribution in [3.05, 3.63) is 23.8 Å². The monoisotopic (exact) mass is 333 g/mol. The number of ether oxygens (including phenoxy) is 2. The quantitative estimate of drug-likeness (QED) is 0.899. The lowest BCUT2D eigenvalue weighted by Crippen LogP contribution is -2.53. The Morgan fingerprint density at radius 2 is 1.83 bits per heavy atom. The van der Waals surface area contributed by atoms with E-state index >= 15 is 0 Å². The average molecular weight is 333 g/mol. The van der Waals surface area contributed by atoms with Crippen molar-refractivity contribution in [3.8, 4) is 11.5 Å². The van der Waals surface area contributed by atoms with Crippen LogP contribution in [0.4, 0.5) is 4.79 Å². The van der Waals surface area contributed by atoms with Crippen LogP contribution >= 0.6 is 0 Å². The predicted molar refractivity (Wildman–Crippen MR) is 92.3 cm³/mol. The first-order valence-electron chi connectivity index (χ1n) is 8.86. The van der Waals surface area contributed by atoms with Gasteiger partial charge in [0.1, 0.15) is 0 Å². The van der Waals surface area contributed by atoms with E-state index in [0.717, 1.165) is 57.1 Å². The highest BCUT2D eigenvalue weighted by Gasteiger charge is 2.23. The molecule has 1 aromatic carbocycles. The Labute approximate surface area is 143 Å². The smallest absolute Gasteiger partial charge is 0.317 e. The third-order valence-electron chi connectivity index (χ3n) is 4.82. The van der Waals surface area contributed by atoms with Gasteiger partial charge < -0.3 is 19.7 Å². The zero-order valence-corrected chi connectivity index (χ0v) is 14.6. The van der Waals surface area contributed by atoms with Crippen molar-refractivity contribution in [2.24, 2.45) is 0 Å². The molecule has 0 unspecified atom stereocenters. The van der Waals surface area contributed by atoms with E-state index in [1.54, 1.807) is 0 Å². The van der Waals surface area contributed by atoms with Gasteiger partial charge in [-0.3, -0.25) is 4.90 Å². The minimum atomic E-state index is 0.0754. The van der Waals surface area contributed by atoms with Crippen molar-refractivity contribution >= 4 is 6.03 Å². The number of rotatable bonds is 5. The summed E-state index contributed by atoms with van der Waals surface area (Å²) in [4.78, 5) is 16.6. The van der Waals surface area contributed by atoms with Gasteiger partial charge in [-0.1, -0.05) is 19.9 Å². The Bertz CT molecular complexity index is 567. The van der Waals surface area contributed by atoms with Crippen LogP contribution in [0.3, 0.4) is 0 Å². The first-order chi connectivity index (χ1) is 11.7. The summed E-state index contributed by atoms with van der Waals surface area (Å²) in [5.74, 6) is 1.65. The minimum Gasteiger partial charge on any atom is -0.454 e. The molecule has 0 atom stereocenters. The lowest BCUT2D eigenvalue weighted by Gasteiger charge is -2.35. The molecule has 2 amide bonds. The summed E-state index contributed by atoms with van der Waals surface area (Å²) >= 11 is 0. The summed E-state index contributed by atoms with van der Waals surface area (Å²) < 4.78 is 10.8. The maximum Gasteiger partial charge on any atom is 0.317 e. The molecule has 0 aromatic heterocycles. The Kier molecular flexibility index (Phi) is 5.45. The van der Waals surface area contributed by atoms with Gasteiger partial charge in [0.25, 0.3) is 0 Å². The number of nitrogens with zero attached hydrogens (tertiary/aromatic N) is 2. The van der Waals surface area contributed by atoms with Gasteiger partial charge in [-0.2, -0.15) is 0 Å². The normalized spacial score (nSPS) is 17.4. The molecule has 6 heteroatoms. The van der Waals surface area contributed by atoms with E-state index in [-0.39, 0.29) is 12.1 Å². The number of piperazine rings is 1. The van der Waals surface area contributed by atoms with E-state index < -0.39 is 0 Å². The molecule has 0 aliphatic carbocycles. The molecule has 1 N–H and O–H groups in total. The van der Waals surface area contributed by atoms with E-state index in [4.69, 9.17) is 9.47 Å². The SMILES string of the molecule is CCC(CC)NC(=O)N1CCN(Cc2ccc3c(c2)OCO3)CC1. The first kappa shape index (κ1) is 16.9. The average Bonchev–Trinajstić information content (AvgIpc) is 3.08. The highest BCUT2D eigenvalue weighted by atomic mass is 16.7. The second-order valence-corrected chi connectivity index (χ2v) is 6.41. The van der Waals surface area contributed by atoms with E-state index in [1.165, 1.54) is 5.56 Å². The van der Waals surface area contributed by atoms with Crippen molar-refractivity contribution in [1.82, 2.24) is 15.1 Å². The van der Waals surface area contributed by atoms with Crippen LogP contribution in [0.1, 0.15) is 32.3 Å². The summed E-state index contributed by atoms with van der Waals surface area (Å²) in [6.07, 6.45) is 1.96.